The maximum atomic E-state index is 14.2. The molecule has 0 saturated carbocycles. The first-order valence-corrected chi connectivity index (χ1v) is 12.4. The molecule has 0 bridgehead atoms. The van der Waals surface area contributed by atoms with Gasteiger partial charge in [0, 0.05) is 17.9 Å². The van der Waals surface area contributed by atoms with Crippen LogP contribution in [0.4, 0.5) is 8.78 Å². The first-order chi connectivity index (χ1) is 18.6. The average molecular weight is 516 g/mol. The summed E-state index contributed by atoms with van der Waals surface area (Å²) in [7, 11) is 0. The zero-order valence-corrected chi connectivity index (χ0v) is 21.4. The number of nitrogens with zero attached hydrogens (tertiary/aromatic N) is 5. The van der Waals surface area contributed by atoms with E-state index >= 15 is 0 Å². The molecule has 1 atom stereocenters. The van der Waals surface area contributed by atoms with E-state index in [-0.39, 0.29) is 18.3 Å². The van der Waals surface area contributed by atoms with Crippen molar-refractivity contribution in [2.24, 2.45) is 4.99 Å². The van der Waals surface area contributed by atoms with E-state index in [0.717, 1.165) is 29.6 Å². The Morgan fingerprint density at radius 3 is 2.74 bits per heavy atom. The fourth-order valence-corrected chi connectivity index (χ4v) is 4.11. The largest absolute Gasteiger partial charge is 0.358 e. The van der Waals surface area contributed by atoms with Gasteiger partial charge in [0.05, 0.1) is 11.6 Å². The van der Waals surface area contributed by atoms with Gasteiger partial charge in [0.1, 0.15) is 11.6 Å². The Kier molecular flexibility index (Phi) is 10.8. The maximum absolute atomic E-state index is 14.2. The third kappa shape index (κ3) is 7.40. The van der Waals surface area contributed by atoms with E-state index in [2.05, 4.69) is 64.1 Å². The summed E-state index contributed by atoms with van der Waals surface area (Å²) in [5.41, 5.74) is 3.48. The zero-order chi connectivity index (χ0) is 27.3. The summed E-state index contributed by atoms with van der Waals surface area (Å²) in [6.45, 7) is 6.58. The number of rotatable bonds is 10. The minimum Gasteiger partial charge on any atom is -0.358 e. The van der Waals surface area contributed by atoms with Crippen molar-refractivity contribution in [3.8, 4) is 12.8 Å². The second-order valence-electron chi connectivity index (χ2n) is 8.35. The molecule has 1 aliphatic carbocycles. The van der Waals surface area contributed by atoms with E-state index < -0.39 is 11.6 Å². The molecular weight excluding hydrogens is 484 g/mol. The minimum absolute atomic E-state index is 0.0219. The van der Waals surface area contributed by atoms with Crippen molar-refractivity contribution in [2.45, 2.75) is 45.4 Å². The van der Waals surface area contributed by atoms with Gasteiger partial charge in [0.15, 0.2) is 6.73 Å². The number of halogens is 2. The number of aromatic nitrogens is 4. The monoisotopic (exact) mass is 515 g/mol. The fraction of sp³-hybridized carbons (Fsp3) is 0.267. The van der Waals surface area contributed by atoms with Crippen LogP contribution in [0.1, 0.15) is 44.0 Å². The van der Waals surface area contributed by atoms with Gasteiger partial charge in [0.25, 0.3) is 0 Å². The van der Waals surface area contributed by atoms with Gasteiger partial charge in [-0.05, 0) is 61.1 Å². The number of terminal acetylenes is 1. The summed E-state index contributed by atoms with van der Waals surface area (Å²) in [6.07, 6.45) is 26.7. The summed E-state index contributed by atoms with van der Waals surface area (Å²) in [5, 5.41) is 12.5. The van der Waals surface area contributed by atoms with E-state index in [1.165, 1.54) is 23.0 Å². The summed E-state index contributed by atoms with van der Waals surface area (Å²) in [4.78, 5) is 6.08. The Bertz CT molecular complexity index is 1310. The molecule has 196 valence electrons. The van der Waals surface area contributed by atoms with Gasteiger partial charge in [-0.1, -0.05) is 61.3 Å². The van der Waals surface area contributed by atoms with Gasteiger partial charge < -0.3 is 4.74 Å². The number of benzene rings is 1. The Hall–Kier alpha value is -4.22. The quantitative estimate of drug-likeness (QED) is 0.280. The number of hydrogen-bond donors (Lipinski definition) is 0. The van der Waals surface area contributed by atoms with Crippen LogP contribution in [-0.4, -0.2) is 38.6 Å². The van der Waals surface area contributed by atoms with Crippen LogP contribution in [0.3, 0.4) is 0 Å². The smallest absolute Gasteiger partial charge is 0.204 e. The minimum atomic E-state index is -0.578. The zero-order valence-electron chi connectivity index (χ0n) is 21.4. The highest BCUT2D eigenvalue weighted by molar-refractivity contribution is 6.02. The third-order valence-corrected chi connectivity index (χ3v) is 5.89. The first kappa shape index (κ1) is 28.4. The predicted molar refractivity (Wildman–Crippen MR) is 147 cm³/mol. The van der Waals surface area contributed by atoms with Gasteiger partial charge in [-0.25, -0.2) is 8.78 Å². The number of tetrazole rings is 1. The van der Waals surface area contributed by atoms with Crippen LogP contribution in [0.5, 0.6) is 0 Å². The molecule has 0 amide bonds. The van der Waals surface area contributed by atoms with Crippen LogP contribution in [-0.2, 0) is 11.5 Å². The van der Waals surface area contributed by atoms with Crippen LogP contribution in [0.15, 0.2) is 89.5 Å². The van der Waals surface area contributed by atoms with Gasteiger partial charge >= 0.3 is 0 Å². The SMILES string of the molecule is C#C.C=C/C=C(\C=C/CC1=CCC=C(c2nnn(COCC)n2)C=C1)C1CCC(c2c(F)cccc2F)=N1. The van der Waals surface area contributed by atoms with Crippen LogP contribution in [0.2, 0.25) is 0 Å². The molecule has 1 unspecified atom stereocenters. The Balaban J connectivity index is 0.00000195. The highest BCUT2D eigenvalue weighted by Crippen LogP contribution is 2.27. The number of allylic oxidation sites excluding steroid dienone is 9. The van der Waals surface area contributed by atoms with Crippen molar-refractivity contribution < 1.29 is 13.5 Å². The molecule has 1 aliphatic heterocycles. The second-order valence-corrected chi connectivity index (χ2v) is 8.35. The lowest BCUT2D eigenvalue weighted by Gasteiger charge is -2.08. The van der Waals surface area contributed by atoms with Crippen molar-refractivity contribution in [2.75, 3.05) is 6.61 Å². The van der Waals surface area contributed by atoms with Crippen molar-refractivity contribution >= 4 is 11.3 Å². The van der Waals surface area contributed by atoms with Crippen LogP contribution in [0.25, 0.3) is 5.57 Å². The molecule has 8 heteroatoms. The van der Waals surface area contributed by atoms with Gasteiger partial charge in [-0.3, -0.25) is 4.99 Å². The summed E-state index contributed by atoms with van der Waals surface area (Å²) in [5.74, 6) is -0.592. The van der Waals surface area contributed by atoms with E-state index in [0.29, 0.717) is 31.0 Å². The molecule has 2 aliphatic rings. The van der Waals surface area contributed by atoms with E-state index in [1.54, 1.807) is 6.08 Å². The van der Waals surface area contributed by atoms with Gasteiger partial charge in [0.2, 0.25) is 5.82 Å². The number of aliphatic imine (C=N–C) groups is 1. The molecule has 0 spiro atoms. The van der Waals surface area contributed by atoms with Crippen molar-refractivity contribution in [1.29, 1.82) is 0 Å². The highest BCUT2D eigenvalue weighted by Gasteiger charge is 2.24. The second kappa shape index (κ2) is 14.5. The lowest BCUT2D eigenvalue weighted by Crippen LogP contribution is -2.06. The Labute approximate surface area is 222 Å². The topological polar surface area (TPSA) is 65.2 Å². The normalized spacial score (nSPS) is 17.3. The molecule has 0 radical (unpaired) electrons. The molecule has 0 N–H and O–H groups in total. The molecule has 1 aromatic carbocycles. The molecule has 0 fully saturated rings. The fourth-order valence-electron chi connectivity index (χ4n) is 4.11. The first-order valence-electron chi connectivity index (χ1n) is 12.4. The molecule has 4 rings (SSSR count). The van der Waals surface area contributed by atoms with Crippen LogP contribution in [0, 0.1) is 24.5 Å². The van der Waals surface area contributed by atoms with E-state index in [9.17, 15) is 8.78 Å². The number of hydrogen-bond acceptors (Lipinski definition) is 5. The van der Waals surface area contributed by atoms with E-state index in [4.69, 9.17) is 4.74 Å². The lowest BCUT2D eigenvalue weighted by molar-refractivity contribution is 0.0678. The molecular formula is C30H31F2N5O. The maximum Gasteiger partial charge on any atom is 0.204 e. The van der Waals surface area contributed by atoms with Gasteiger partial charge in [-0.2, -0.15) is 0 Å². The van der Waals surface area contributed by atoms with Crippen molar-refractivity contribution in [3.05, 3.63) is 108 Å². The Morgan fingerprint density at radius 1 is 1.21 bits per heavy atom. The average Bonchev–Trinajstić information content (AvgIpc) is 3.54. The van der Waals surface area contributed by atoms with Crippen LogP contribution >= 0.6 is 0 Å². The summed E-state index contributed by atoms with van der Waals surface area (Å²) < 4.78 is 33.7. The number of ether oxygens (including phenoxy) is 1. The third-order valence-electron chi connectivity index (χ3n) is 5.89. The van der Waals surface area contributed by atoms with E-state index in [1.807, 2.05) is 25.2 Å². The van der Waals surface area contributed by atoms with Crippen molar-refractivity contribution in [1.82, 2.24) is 20.2 Å². The standard InChI is InChI=1S/C28H29F2N5O.C2H2/c1-3-8-21(25-17-18-26(31-25)27-23(29)13-7-14-24(27)30)11-5-9-20-10-6-12-22(16-15-20)28-32-34-35(33-28)19-36-4-2;1-2/h3,5,7-8,10-16,25H,1,4,6,9,17-19H2,2H3;1-2H/b11-5-,21-8+;. The summed E-state index contributed by atoms with van der Waals surface area (Å²) >= 11 is 0. The predicted octanol–water partition coefficient (Wildman–Crippen LogP) is 6.17. The molecule has 0 saturated heterocycles. The van der Waals surface area contributed by atoms with Crippen LogP contribution < -0.4 is 0 Å². The molecule has 1 aromatic heterocycles. The molecule has 2 heterocycles. The van der Waals surface area contributed by atoms with Gasteiger partial charge in [-0.15, -0.1) is 27.8 Å². The molecule has 38 heavy (non-hydrogen) atoms. The van der Waals surface area contributed by atoms with Crippen molar-refractivity contribution in [3.63, 3.8) is 0 Å². The highest BCUT2D eigenvalue weighted by atomic mass is 19.1. The Morgan fingerprint density at radius 2 is 2.00 bits per heavy atom. The summed E-state index contributed by atoms with van der Waals surface area (Å²) in [6, 6.07) is 3.74. The molecule has 6 nitrogen and oxygen atoms in total. The molecule has 2 aromatic rings. The lowest BCUT2D eigenvalue weighted by atomic mass is 10.0.